The van der Waals surface area contributed by atoms with E-state index in [0.29, 0.717) is 13.1 Å². The van der Waals surface area contributed by atoms with E-state index in [-0.39, 0.29) is 12.6 Å². The highest BCUT2D eigenvalue weighted by atomic mass is 32.1. The Balaban J connectivity index is 1.87. The van der Waals surface area contributed by atoms with Gasteiger partial charge in [0, 0.05) is 18.0 Å². The van der Waals surface area contributed by atoms with Gasteiger partial charge < -0.3 is 21.5 Å². The average molecular weight is 305 g/mol. The summed E-state index contributed by atoms with van der Waals surface area (Å²) in [7, 11) is 0. The number of alkyl carbamates (subject to hydrolysis) is 1. The molecule has 1 aromatic heterocycles. The van der Waals surface area contributed by atoms with Crippen LogP contribution in [0, 0.1) is 0 Å². The van der Waals surface area contributed by atoms with Gasteiger partial charge in [0.1, 0.15) is 6.61 Å². The predicted octanol–water partition coefficient (Wildman–Crippen LogP) is 2.13. The van der Waals surface area contributed by atoms with Crippen molar-refractivity contribution in [2.24, 2.45) is 11.5 Å². The summed E-state index contributed by atoms with van der Waals surface area (Å²) < 4.78 is 5.19. The van der Waals surface area contributed by atoms with Crippen molar-refractivity contribution in [3.05, 3.63) is 57.8 Å². The van der Waals surface area contributed by atoms with Crippen LogP contribution in [0.5, 0.6) is 0 Å². The molecule has 0 spiro atoms. The summed E-state index contributed by atoms with van der Waals surface area (Å²) in [4.78, 5) is 12.9. The van der Waals surface area contributed by atoms with Crippen LogP contribution in [0.2, 0.25) is 0 Å². The third kappa shape index (κ3) is 4.56. The first-order chi connectivity index (χ1) is 10.2. The standard InChI is InChI=1S/C15H19N3O2S/c16-7-13-6-12(10-21-13)14(8-17)18-15(19)20-9-11-4-2-1-3-5-11/h1-6,10,14H,7-9,16-17H2,(H,18,19). The van der Waals surface area contributed by atoms with Crippen LogP contribution in [-0.2, 0) is 17.9 Å². The number of carbonyl (C=O) groups is 1. The van der Waals surface area contributed by atoms with Crippen LogP contribution in [0.3, 0.4) is 0 Å². The summed E-state index contributed by atoms with van der Waals surface area (Å²) in [6.45, 7) is 1.03. The van der Waals surface area contributed by atoms with Gasteiger partial charge in [0.05, 0.1) is 6.04 Å². The van der Waals surface area contributed by atoms with Gasteiger partial charge in [-0.25, -0.2) is 4.79 Å². The fourth-order valence-electron chi connectivity index (χ4n) is 1.87. The highest BCUT2D eigenvalue weighted by Crippen LogP contribution is 2.20. The summed E-state index contributed by atoms with van der Waals surface area (Å²) in [6, 6.07) is 11.2. The largest absolute Gasteiger partial charge is 0.445 e. The zero-order valence-electron chi connectivity index (χ0n) is 11.6. The average Bonchev–Trinajstić information content (AvgIpc) is 3.00. The molecule has 1 heterocycles. The molecule has 1 atom stereocenters. The monoisotopic (exact) mass is 305 g/mol. The molecule has 0 aliphatic carbocycles. The van der Waals surface area contributed by atoms with Crippen molar-refractivity contribution < 1.29 is 9.53 Å². The number of benzene rings is 1. The fourth-order valence-corrected chi connectivity index (χ4v) is 2.69. The predicted molar refractivity (Wildman–Crippen MR) is 83.8 cm³/mol. The molecule has 0 saturated carbocycles. The Morgan fingerprint density at radius 2 is 2.05 bits per heavy atom. The number of carbonyl (C=O) groups excluding carboxylic acids is 1. The lowest BCUT2D eigenvalue weighted by Gasteiger charge is -2.15. The molecule has 1 unspecified atom stereocenters. The van der Waals surface area contributed by atoms with Gasteiger partial charge in [0.25, 0.3) is 0 Å². The Morgan fingerprint density at radius 1 is 1.29 bits per heavy atom. The molecule has 5 N–H and O–H groups in total. The number of ether oxygens (including phenoxy) is 1. The van der Waals surface area contributed by atoms with Crippen molar-refractivity contribution in [1.82, 2.24) is 5.32 Å². The number of amides is 1. The van der Waals surface area contributed by atoms with E-state index >= 15 is 0 Å². The number of nitrogens with one attached hydrogen (secondary N) is 1. The first-order valence-corrected chi connectivity index (χ1v) is 7.55. The summed E-state index contributed by atoms with van der Waals surface area (Å²) in [6.07, 6.45) is -0.477. The van der Waals surface area contributed by atoms with Crippen LogP contribution in [-0.4, -0.2) is 12.6 Å². The van der Waals surface area contributed by atoms with Crippen molar-refractivity contribution in [2.45, 2.75) is 19.2 Å². The van der Waals surface area contributed by atoms with E-state index in [1.54, 1.807) is 11.3 Å². The van der Waals surface area contributed by atoms with E-state index in [4.69, 9.17) is 16.2 Å². The molecule has 0 saturated heterocycles. The molecule has 112 valence electrons. The van der Waals surface area contributed by atoms with Gasteiger partial charge in [0.2, 0.25) is 0 Å². The molecule has 0 fully saturated rings. The van der Waals surface area contributed by atoms with Crippen LogP contribution < -0.4 is 16.8 Å². The van der Waals surface area contributed by atoms with Gasteiger partial charge in [-0.1, -0.05) is 30.3 Å². The summed E-state index contributed by atoms with van der Waals surface area (Å²) in [5.74, 6) is 0. The Labute approximate surface area is 127 Å². The second kappa shape index (κ2) is 7.78. The maximum atomic E-state index is 11.8. The minimum atomic E-state index is -0.477. The van der Waals surface area contributed by atoms with Crippen LogP contribution in [0.15, 0.2) is 41.8 Å². The van der Waals surface area contributed by atoms with Gasteiger partial charge in [0.15, 0.2) is 0 Å². The summed E-state index contributed by atoms with van der Waals surface area (Å²) in [5.41, 5.74) is 13.2. The zero-order valence-corrected chi connectivity index (χ0v) is 12.4. The number of thiophene rings is 1. The third-order valence-electron chi connectivity index (χ3n) is 3.02. The maximum Gasteiger partial charge on any atom is 0.407 e. The number of nitrogens with two attached hydrogens (primary N) is 2. The molecule has 6 heteroatoms. The molecule has 2 rings (SSSR count). The lowest BCUT2D eigenvalue weighted by Crippen LogP contribution is -2.33. The van der Waals surface area contributed by atoms with Gasteiger partial charge in [-0.3, -0.25) is 0 Å². The SMILES string of the molecule is NCc1cc(C(CN)NC(=O)OCc2ccccc2)cs1. The normalized spacial score (nSPS) is 11.9. The molecular weight excluding hydrogens is 286 g/mol. The van der Waals surface area contributed by atoms with E-state index in [9.17, 15) is 4.79 Å². The second-order valence-corrected chi connectivity index (χ2v) is 5.54. The van der Waals surface area contributed by atoms with Gasteiger partial charge in [-0.15, -0.1) is 11.3 Å². The van der Waals surface area contributed by atoms with Gasteiger partial charge >= 0.3 is 6.09 Å². The van der Waals surface area contributed by atoms with E-state index < -0.39 is 6.09 Å². The summed E-state index contributed by atoms with van der Waals surface area (Å²) >= 11 is 1.56. The minimum Gasteiger partial charge on any atom is -0.445 e. The van der Waals surface area contributed by atoms with Gasteiger partial charge in [-0.05, 0) is 22.6 Å². The van der Waals surface area contributed by atoms with Crippen molar-refractivity contribution in [2.75, 3.05) is 6.54 Å². The second-order valence-electron chi connectivity index (χ2n) is 4.54. The number of hydrogen-bond donors (Lipinski definition) is 3. The van der Waals surface area contributed by atoms with E-state index in [1.807, 2.05) is 41.8 Å². The molecule has 21 heavy (non-hydrogen) atoms. The lowest BCUT2D eigenvalue weighted by atomic mass is 10.1. The first-order valence-electron chi connectivity index (χ1n) is 6.67. The van der Waals surface area contributed by atoms with Gasteiger partial charge in [-0.2, -0.15) is 0 Å². The molecule has 0 aliphatic rings. The molecule has 1 aromatic carbocycles. The van der Waals surface area contributed by atoms with E-state index in [0.717, 1.165) is 16.0 Å². The first kappa shape index (κ1) is 15.5. The quantitative estimate of drug-likeness (QED) is 0.762. The highest BCUT2D eigenvalue weighted by molar-refractivity contribution is 7.10. The Kier molecular flexibility index (Phi) is 5.74. The van der Waals surface area contributed by atoms with Crippen molar-refractivity contribution in [3.63, 3.8) is 0 Å². The van der Waals surface area contributed by atoms with Crippen LogP contribution in [0.25, 0.3) is 0 Å². The fraction of sp³-hybridized carbons (Fsp3) is 0.267. The molecule has 0 aliphatic heterocycles. The smallest absolute Gasteiger partial charge is 0.407 e. The topological polar surface area (TPSA) is 90.4 Å². The lowest BCUT2D eigenvalue weighted by molar-refractivity contribution is 0.136. The van der Waals surface area contributed by atoms with E-state index in [2.05, 4.69) is 5.32 Å². The highest BCUT2D eigenvalue weighted by Gasteiger charge is 2.15. The van der Waals surface area contributed by atoms with Crippen LogP contribution in [0.1, 0.15) is 22.0 Å². The van der Waals surface area contributed by atoms with Crippen LogP contribution >= 0.6 is 11.3 Å². The molecule has 1 amide bonds. The molecule has 2 aromatic rings. The Hall–Kier alpha value is -1.89. The Bertz CT molecular complexity index is 571. The molecule has 0 radical (unpaired) electrons. The minimum absolute atomic E-state index is 0.238. The number of rotatable bonds is 6. The van der Waals surface area contributed by atoms with Crippen molar-refractivity contribution >= 4 is 17.4 Å². The zero-order chi connectivity index (χ0) is 15.1. The Morgan fingerprint density at radius 3 is 2.67 bits per heavy atom. The molecule has 5 nitrogen and oxygen atoms in total. The molecular formula is C15H19N3O2S. The third-order valence-corrected chi connectivity index (χ3v) is 4.00. The maximum absolute atomic E-state index is 11.8. The summed E-state index contributed by atoms with van der Waals surface area (Å²) in [5, 5.41) is 4.73. The van der Waals surface area contributed by atoms with Crippen LogP contribution in [0.4, 0.5) is 4.79 Å². The number of hydrogen-bond acceptors (Lipinski definition) is 5. The molecule has 0 bridgehead atoms. The van der Waals surface area contributed by atoms with E-state index in [1.165, 1.54) is 0 Å². The van der Waals surface area contributed by atoms with Crippen molar-refractivity contribution in [1.29, 1.82) is 0 Å². The van der Waals surface area contributed by atoms with Crippen molar-refractivity contribution in [3.8, 4) is 0 Å².